The molecule has 2 atom stereocenters. The van der Waals surface area contributed by atoms with Crippen LogP contribution in [-0.4, -0.2) is 36.8 Å². The molecule has 162 valence electrons. The minimum atomic E-state index is -0.863. The average Bonchev–Trinajstić information content (AvgIpc) is 2.72. The van der Waals surface area contributed by atoms with Gasteiger partial charge in [-0.05, 0) is 45.2 Å². The summed E-state index contributed by atoms with van der Waals surface area (Å²) in [5, 5.41) is 5.54. The van der Waals surface area contributed by atoms with E-state index in [4.69, 9.17) is 9.47 Å². The predicted molar refractivity (Wildman–Crippen MR) is 117 cm³/mol. The fourth-order valence-corrected chi connectivity index (χ4v) is 2.86. The molecule has 2 aromatic rings. The van der Waals surface area contributed by atoms with Crippen molar-refractivity contribution in [3.63, 3.8) is 0 Å². The first-order valence-electron chi connectivity index (χ1n) is 10.3. The third-order valence-corrected chi connectivity index (χ3v) is 4.56. The Morgan fingerprint density at radius 3 is 2.23 bits per heavy atom. The van der Waals surface area contributed by atoms with Crippen LogP contribution in [0.1, 0.15) is 37.5 Å². The lowest BCUT2D eigenvalue weighted by Crippen LogP contribution is -2.53. The van der Waals surface area contributed by atoms with Crippen molar-refractivity contribution in [3.05, 3.63) is 71.3 Å². The van der Waals surface area contributed by atoms with Gasteiger partial charge in [-0.25, -0.2) is 4.79 Å². The monoisotopic (exact) mass is 412 g/mol. The first-order chi connectivity index (χ1) is 14.3. The second-order valence-corrected chi connectivity index (χ2v) is 7.60. The van der Waals surface area contributed by atoms with E-state index in [0.717, 1.165) is 11.1 Å². The highest BCUT2D eigenvalue weighted by Crippen LogP contribution is 2.08. The Balaban J connectivity index is 1.94. The number of amides is 2. The van der Waals surface area contributed by atoms with E-state index in [0.29, 0.717) is 19.6 Å². The van der Waals surface area contributed by atoms with E-state index < -0.39 is 18.2 Å². The summed E-state index contributed by atoms with van der Waals surface area (Å²) in [6.07, 6.45) is -0.757. The molecule has 0 aliphatic carbocycles. The number of hydrogen-bond donors (Lipinski definition) is 2. The zero-order valence-corrected chi connectivity index (χ0v) is 18.2. The van der Waals surface area contributed by atoms with E-state index in [1.165, 1.54) is 5.56 Å². The lowest BCUT2D eigenvalue weighted by Gasteiger charge is -2.25. The smallest absolute Gasteiger partial charge is 0.408 e. The van der Waals surface area contributed by atoms with Crippen LogP contribution < -0.4 is 10.6 Å². The van der Waals surface area contributed by atoms with Crippen molar-refractivity contribution in [3.8, 4) is 0 Å². The fraction of sp³-hybridized carbons (Fsp3) is 0.417. The molecule has 0 fully saturated rings. The van der Waals surface area contributed by atoms with Gasteiger partial charge in [0.05, 0.1) is 18.8 Å². The summed E-state index contributed by atoms with van der Waals surface area (Å²) in [7, 11) is 0. The molecule has 30 heavy (non-hydrogen) atoms. The standard InChI is InChI=1S/C24H32N2O4/c1-17(2)30-24(28)26-22(19(4)29-16-21-8-6-5-7-9-21)23(27)25-15-14-20-12-10-18(3)11-13-20/h5-13,17,19,22H,14-16H2,1-4H3,(H,25,27)(H,26,28)/t19-,22+/m1/s1. The molecule has 0 saturated carbocycles. The van der Waals surface area contributed by atoms with Gasteiger partial charge in [-0.15, -0.1) is 0 Å². The van der Waals surface area contributed by atoms with E-state index in [2.05, 4.69) is 10.6 Å². The predicted octanol–water partition coefficient (Wildman–Crippen LogP) is 3.76. The highest BCUT2D eigenvalue weighted by atomic mass is 16.6. The molecule has 6 heteroatoms. The van der Waals surface area contributed by atoms with Crippen LogP contribution >= 0.6 is 0 Å². The molecule has 0 unspecified atom stereocenters. The van der Waals surface area contributed by atoms with Crippen molar-refractivity contribution >= 4 is 12.0 Å². The van der Waals surface area contributed by atoms with Gasteiger partial charge in [-0.3, -0.25) is 4.79 Å². The van der Waals surface area contributed by atoms with Gasteiger partial charge < -0.3 is 20.1 Å². The molecule has 0 aromatic heterocycles. The molecule has 0 spiro atoms. The molecule has 0 radical (unpaired) electrons. The summed E-state index contributed by atoms with van der Waals surface area (Å²) in [5.74, 6) is -0.302. The molecule has 2 amide bonds. The van der Waals surface area contributed by atoms with Gasteiger partial charge in [0.15, 0.2) is 0 Å². The van der Waals surface area contributed by atoms with E-state index in [-0.39, 0.29) is 12.0 Å². The van der Waals surface area contributed by atoms with Gasteiger partial charge in [0.1, 0.15) is 6.04 Å². The minimum absolute atomic E-state index is 0.282. The third-order valence-electron chi connectivity index (χ3n) is 4.56. The quantitative estimate of drug-likeness (QED) is 0.623. The van der Waals surface area contributed by atoms with Crippen molar-refractivity contribution in [1.29, 1.82) is 0 Å². The van der Waals surface area contributed by atoms with Gasteiger partial charge in [0.2, 0.25) is 5.91 Å². The van der Waals surface area contributed by atoms with Gasteiger partial charge in [0.25, 0.3) is 0 Å². The van der Waals surface area contributed by atoms with Crippen LogP contribution in [0.15, 0.2) is 54.6 Å². The second kappa shape index (κ2) is 12.0. The number of rotatable bonds is 10. The Hall–Kier alpha value is -2.86. The zero-order valence-electron chi connectivity index (χ0n) is 18.2. The summed E-state index contributed by atoms with van der Waals surface area (Å²) < 4.78 is 11.0. The Morgan fingerprint density at radius 2 is 1.60 bits per heavy atom. The normalized spacial score (nSPS) is 12.8. The van der Waals surface area contributed by atoms with Crippen LogP contribution in [0.25, 0.3) is 0 Å². The molecule has 6 nitrogen and oxygen atoms in total. The number of ether oxygens (including phenoxy) is 2. The van der Waals surface area contributed by atoms with E-state index >= 15 is 0 Å². The summed E-state index contributed by atoms with van der Waals surface area (Å²) in [4.78, 5) is 24.9. The first-order valence-corrected chi connectivity index (χ1v) is 10.3. The molecule has 2 N–H and O–H groups in total. The number of aryl methyl sites for hydroxylation is 1. The van der Waals surface area contributed by atoms with Gasteiger partial charge in [-0.1, -0.05) is 60.2 Å². The summed E-state index contributed by atoms with van der Waals surface area (Å²) in [6, 6.07) is 17.0. The molecule has 0 aliphatic heterocycles. The zero-order chi connectivity index (χ0) is 21.9. The Morgan fingerprint density at radius 1 is 0.933 bits per heavy atom. The summed E-state index contributed by atoms with van der Waals surface area (Å²) in [5.41, 5.74) is 3.32. The van der Waals surface area contributed by atoms with E-state index in [9.17, 15) is 9.59 Å². The van der Waals surface area contributed by atoms with Crippen LogP contribution in [0, 0.1) is 6.92 Å². The molecule has 0 saturated heterocycles. The number of benzene rings is 2. The maximum Gasteiger partial charge on any atom is 0.408 e. The van der Waals surface area contributed by atoms with Crippen LogP contribution in [0.5, 0.6) is 0 Å². The van der Waals surface area contributed by atoms with Crippen molar-refractivity contribution in [2.75, 3.05) is 6.54 Å². The molecule has 2 aromatic carbocycles. The highest BCUT2D eigenvalue weighted by molar-refractivity contribution is 5.86. The minimum Gasteiger partial charge on any atom is -0.447 e. The van der Waals surface area contributed by atoms with Crippen LogP contribution in [-0.2, 0) is 27.3 Å². The first kappa shape index (κ1) is 23.4. The molecule has 0 aliphatic rings. The van der Waals surface area contributed by atoms with E-state index in [1.54, 1.807) is 20.8 Å². The number of hydrogen-bond acceptors (Lipinski definition) is 4. The molecule has 0 heterocycles. The third kappa shape index (κ3) is 8.25. The van der Waals surface area contributed by atoms with Crippen molar-refractivity contribution in [2.45, 2.75) is 59.0 Å². The Bertz CT molecular complexity index is 791. The Kier molecular flexibility index (Phi) is 9.35. The molecule has 2 rings (SSSR count). The summed E-state index contributed by atoms with van der Waals surface area (Å²) >= 11 is 0. The van der Waals surface area contributed by atoms with Crippen molar-refractivity contribution < 1.29 is 19.1 Å². The van der Waals surface area contributed by atoms with Gasteiger partial charge in [0, 0.05) is 6.54 Å². The van der Waals surface area contributed by atoms with E-state index in [1.807, 2.05) is 61.5 Å². The summed E-state index contributed by atoms with van der Waals surface area (Å²) in [6.45, 7) is 8.12. The number of alkyl carbamates (subject to hydrolysis) is 1. The van der Waals surface area contributed by atoms with Gasteiger partial charge in [-0.2, -0.15) is 0 Å². The van der Waals surface area contributed by atoms with Crippen LogP contribution in [0.3, 0.4) is 0 Å². The highest BCUT2D eigenvalue weighted by Gasteiger charge is 2.28. The molecule has 0 bridgehead atoms. The number of carbonyl (C=O) groups excluding carboxylic acids is 2. The molecular formula is C24H32N2O4. The fourth-order valence-electron chi connectivity index (χ4n) is 2.86. The van der Waals surface area contributed by atoms with Crippen LogP contribution in [0.4, 0.5) is 4.79 Å². The van der Waals surface area contributed by atoms with Crippen molar-refractivity contribution in [2.24, 2.45) is 0 Å². The van der Waals surface area contributed by atoms with Crippen LogP contribution in [0.2, 0.25) is 0 Å². The molecular weight excluding hydrogens is 380 g/mol. The topological polar surface area (TPSA) is 76.7 Å². The van der Waals surface area contributed by atoms with Gasteiger partial charge >= 0.3 is 6.09 Å². The maximum atomic E-state index is 12.8. The Labute approximate surface area is 179 Å². The van der Waals surface area contributed by atoms with Crippen molar-refractivity contribution in [1.82, 2.24) is 10.6 Å². The second-order valence-electron chi connectivity index (χ2n) is 7.60. The lowest BCUT2D eigenvalue weighted by molar-refractivity contribution is -0.127. The number of nitrogens with one attached hydrogen (secondary N) is 2. The maximum absolute atomic E-state index is 12.8. The lowest BCUT2D eigenvalue weighted by atomic mass is 10.1. The SMILES string of the molecule is Cc1ccc(CCNC(=O)[C@@H](NC(=O)OC(C)C)[C@@H](C)OCc2ccccc2)cc1. The number of carbonyl (C=O) groups is 2. The largest absolute Gasteiger partial charge is 0.447 e. The average molecular weight is 413 g/mol.